The number of aromatic nitrogens is 2. The molecule has 2 heterocycles. The number of esters is 2. The summed E-state index contributed by atoms with van der Waals surface area (Å²) in [5.41, 5.74) is 2.59. The van der Waals surface area contributed by atoms with Crippen molar-refractivity contribution >= 4 is 17.6 Å². The van der Waals surface area contributed by atoms with Gasteiger partial charge in [0.1, 0.15) is 17.0 Å². The van der Waals surface area contributed by atoms with Crippen molar-refractivity contribution in [2.45, 2.75) is 12.8 Å². The van der Waals surface area contributed by atoms with Crippen LogP contribution >= 0.6 is 0 Å². The Bertz CT molecular complexity index is 1130. The van der Waals surface area contributed by atoms with Crippen LogP contribution in [-0.4, -0.2) is 56.1 Å². The maximum absolute atomic E-state index is 12.8. The summed E-state index contributed by atoms with van der Waals surface area (Å²) in [4.78, 5) is 27.8. The molecule has 0 spiro atoms. The minimum atomic E-state index is -0.686. The van der Waals surface area contributed by atoms with Crippen molar-refractivity contribution in [2.75, 3.05) is 39.3 Å². The second-order valence-corrected chi connectivity index (χ2v) is 7.38. The van der Waals surface area contributed by atoms with E-state index in [1.54, 1.807) is 19.2 Å². The fourth-order valence-electron chi connectivity index (χ4n) is 4.00. The van der Waals surface area contributed by atoms with Crippen LogP contribution in [0.1, 0.15) is 33.7 Å². The van der Waals surface area contributed by atoms with Gasteiger partial charge in [0.25, 0.3) is 0 Å². The Morgan fingerprint density at radius 3 is 2.22 bits per heavy atom. The van der Waals surface area contributed by atoms with Gasteiger partial charge in [-0.05, 0) is 37.1 Å². The van der Waals surface area contributed by atoms with Crippen LogP contribution in [-0.2, 0) is 9.47 Å². The maximum Gasteiger partial charge on any atom is 0.357 e. The standard InChI is InChI=1S/C24H25N3O5/c1-30-19-15-16(11-12-18(19)26-13-7-8-14-26)21-20(23(28)31-2)22(24(29)32-3)27(25-21)17-9-5-4-6-10-17/h4-6,9-12,15H,7-8,13-14H2,1-3H3. The first-order valence-corrected chi connectivity index (χ1v) is 10.4. The highest BCUT2D eigenvalue weighted by molar-refractivity contribution is 6.07. The molecule has 166 valence electrons. The van der Waals surface area contributed by atoms with Crippen LogP contribution in [0, 0.1) is 0 Å². The molecule has 3 aromatic rings. The molecule has 1 aromatic heterocycles. The number of rotatable bonds is 6. The Morgan fingerprint density at radius 2 is 1.59 bits per heavy atom. The number of para-hydroxylation sites is 1. The summed E-state index contributed by atoms with van der Waals surface area (Å²) in [6.45, 7) is 1.94. The highest BCUT2D eigenvalue weighted by atomic mass is 16.5. The van der Waals surface area contributed by atoms with Gasteiger partial charge in [-0.2, -0.15) is 5.10 Å². The molecule has 0 bridgehead atoms. The van der Waals surface area contributed by atoms with Crippen molar-refractivity contribution in [1.29, 1.82) is 0 Å². The van der Waals surface area contributed by atoms with Gasteiger partial charge in [0, 0.05) is 18.7 Å². The lowest BCUT2D eigenvalue weighted by Crippen LogP contribution is -2.18. The van der Waals surface area contributed by atoms with Crippen LogP contribution in [0.4, 0.5) is 5.69 Å². The third-order valence-electron chi connectivity index (χ3n) is 5.55. The summed E-state index contributed by atoms with van der Waals surface area (Å²) in [5.74, 6) is -0.687. The Labute approximate surface area is 186 Å². The minimum absolute atomic E-state index is 0.00290. The normalized spacial score (nSPS) is 13.2. The predicted molar refractivity (Wildman–Crippen MR) is 120 cm³/mol. The van der Waals surface area contributed by atoms with E-state index in [1.807, 2.05) is 36.4 Å². The van der Waals surface area contributed by atoms with E-state index in [9.17, 15) is 9.59 Å². The molecule has 32 heavy (non-hydrogen) atoms. The molecule has 0 aliphatic carbocycles. The zero-order valence-electron chi connectivity index (χ0n) is 18.3. The molecular weight excluding hydrogens is 410 g/mol. The van der Waals surface area contributed by atoms with Crippen LogP contribution in [0.3, 0.4) is 0 Å². The molecule has 0 amide bonds. The molecule has 8 heteroatoms. The van der Waals surface area contributed by atoms with Gasteiger partial charge in [-0.15, -0.1) is 0 Å². The average molecular weight is 435 g/mol. The molecule has 4 rings (SSSR count). The quantitative estimate of drug-likeness (QED) is 0.546. The number of anilines is 1. The summed E-state index contributed by atoms with van der Waals surface area (Å²) in [7, 11) is 4.14. The van der Waals surface area contributed by atoms with Crippen LogP contribution in [0.5, 0.6) is 5.75 Å². The zero-order valence-corrected chi connectivity index (χ0v) is 18.3. The van der Waals surface area contributed by atoms with Crippen molar-refractivity contribution < 1.29 is 23.8 Å². The van der Waals surface area contributed by atoms with Gasteiger partial charge < -0.3 is 19.1 Å². The number of hydrogen-bond donors (Lipinski definition) is 0. The zero-order chi connectivity index (χ0) is 22.7. The van der Waals surface area contributed by atoms with Crippen molar-refractivity contribution in [2.24, 2.45) is 0 Å². The number of carbonyl (C=O) groups is 2. The lowest BCUT2D eigenvalue weighted by Gasteiger charge is -2.21. The first kappa shape index (κ1) is 21.4. The van der Waals surface area contributed by atoms with Gasteiger partial charge in [-0.1, -0.05) is 24.3 Å². The SMILES string of the molecule is COC(=O)c1c(-c2ccc(N3CCCC3)c(OC)c2)nn(-c2ccccc2)c1C(=O)OC. The van der Waals surface area contributed by atoms with E-state index in [0.717, 1.165) is 31.6 Å². The fourth-order valence-corrected chi connectivity index (χ4v) is 4.00. The van der Waals surface area contributed by atoms with Gasteiger partial charge in [0.05, 0.1) is 32.7 Å². The van der Waals surface area contributed by atoms with Gasteiger partial charge in [0.15, 0.2) is 5.69 Å². The topological polar surface area (TPSA) is 82.9 Å². The number of methoxy groups -OCH3 is 3. The molecule has 0 unspecified atom stereocenters. The Kier molecular flexibility index (Phi) is 6.11. The first-order valence-electron chi connectivity index (χ1n) is 10.4. The van der Waals surface area contributed by atoms with E-state index in [2.05, 4.69) is 10.00 Å². The highest BCUT2D eigenvalue weighted by Crippen LogP contribution is 2.37. The maximum atomic E-state index is 12.8. The van der Waals surface area contributed by atoms with Crippen LogP contribution < -0.4 is 9.64 Å². The first-order chi connectivity index (χ1) is 15.6. The molecule has 0 saturated carbocycles. The molecule has 8 nitrogen and oxygen atoms in total. The minimum Gasteiger partial charge on any atom is -0.495 e. The second-order valence-electron chi connectivity index (χ2n) is 7.38. The molecule has 2 aromatic carbocycles. The monoisotopic (exact) mass is 435 g/mol. The van der Waals surface area contributed by atoms with Crippen LogP contribution in [0.25, 0.3) is 16.9 Å². The Morgan fingerprint density at radius 1 is 0.906 bits per heavy atom. The van der Waals surface area contributed by atoms with Gasteiger partial charge in [0.2, 0.25) is 0 Å². The van der Waals surface area contributed by atoms with Gasteiger partial charge in [-0.3, -0.25) is 0 Å². The van der Waals surface area contributed by atoms with E-state index >= 15 is 0 Å². The molecule has 1 aliphatic heterocycles. The van der Waals surface area contributed by atoms with E-state index in [0.29, 0.717) is 22.7 Å². The summed E-state index contributed by atoms with van der Waals surface area (Å²) >= 11 is 0. The Balaban J connectivity index is 1.93. The summed E-state index contributed by atoms with van der Waals surface area (Å²) < 4.78 is 17.0. The summed E-state index contributed by atoms with van der Waals surface area (Å²) in [5, 5.41) is 4.64. The summed E-state index contributed by atoms with van der Waals surface area (Å²) in [6, 6.07) is 14.8. The number of carbonyl (C=O) groups excluding carboxylic acids is 2. The highest BCUT2D eigenvalue weighted by Gasteiger charge is 2.31. The van der Waals surface area contributed by atoms with E-state index < -0.39 is 11.9 Å². The number of benzene rings is 2. The van der Waals surface area contributed by atoms with Gasteiger partial charge >= 0.3 is 11.9 Å². The number of hydrogen-bond acceptors (Lipinski definition) is 7. The Hall–Kier alpha value is -3.81. The molecule has 1 saturated heterocycles. The van der Waals surface area contributed by atoms with E-state index in [-0.39, 0.29) is 11.3 Å². The third-order valence-corrected chi connectivity index (χ3v) is 5.55. The number of ether oxygens (including phenoxy) is 3. The molecule has 0 atom stereocenters. The van der Waals surface area contributed by atoms with Gasteiger partial charge in [-0.25, -0.2) is 14.3 Å². The smallest absolute Gasteiger partial charge is 0.357 e. The van der Waals surface area contributed by atoms with Crippen molar-refractivity contribution in [3.8, 4) is 22.7 Å². The van der Waals surface area contributed by atoms with Crippen molar-refractivity contribution in [3.05, 3.63) is 59.8 Å². The summed E-state index contributed by atoms with van der Waals surface area (Å²) in [6.07, 6.45) is 2.28. The lowest BCUT2D eigenvalue weighted by molar-refractivity contribution is 0.0549. The number of nitrogens with zero attached hydrogens (tertiary/aromatic N) is 3. The molecule has 1 aliphatic rings. The second kappa shape index (κ2) is 9.13. The van der Waals surface area contributed by atoms with E-state index in [1.165, 1.54) is 18.9 Å². The molecule has 0 radical (unpaired) electrons. The molecule has 0 N–H and O–H groups in total. The predicted octanol–water partition coefficient (Wildman–Crippen LogP) is 3.72. The average Bonchev–Trinajstić information content (AvgIpc) is 3.51. The third kappa shape index (κ3) is 3.79. The largest absolute Gasteiger partial charge is 0.495 e. The van der Waals surface area contributed by atoms with Crippen molar-refractivity contribution in [1.82, 2.24) is 9.78 Å². The molecule has 1 fully saturated rings. The molecular formula is C24H25N3O5. The van der Waals surface area contributed by atoms with Crippen LogP contribution in [0.2, 0.25) is 0 Å². The lowest BCUT2D eigenvalue weighted by atomic mass is 10.0. The van der Waals surface area contributed by atoms with Crippen LogP contribution in [0.15, 0.2) is 48.5 Å². The van der Waals surface area contributed by atoms with Crippen molar-refractivity contribution in [3.63, 3.8) is 0 Å². The van der Waals surface area contributed by atoms with E-state index in [4.69, 9.17) is 14.2 Å². The fraction of sp³-hybridized carbons (Fsp3) is 0.292.